The van der Waals surface area contributed by atoms with Crippen molar-refractivity contribution in [2.75, 3.05) is 13.7 Å². The molecular formula is C14H18N2O3. The van der Waals surface area contributed by atoms with Crippen molar-refractivity contribution in [2.45, 2.75) is 25.5 Å². The summed E-state index contributed by atoms with van der Waals surface area (Å²) < 4.78 is 5.51. The Bertz CT molecular complexity index is 450. The normalized spacial score (nSPS) is 18.9. The molecule has 5 heteroatoms. The molecule has 5 nitrogen and oxygen atoms in total. The Morgan fingerprint density at radius 3 is 2.79 bits per heavy atom. The van der Waals surface area contributed by atoms with Gasteiger partial charge in [-0.2, -0.15) is 0 Å². The monoisotopic (exact) mass is 262 g/mol. The highest BCUT2D eigenvalue weighted by molar-refractivity contribution is 5.32. The van der Waals surface area contributed by atoms with Gasteiger partial charge in [-0.3, -0.25) is 10.1 Å². The molecule has 0 radical (unpaired) electrons. The van der Waals surface area contributed by atoms with E-state index < -0.39 is 0 Å². The maximum Gasteiger partial charge on any atom is 0.269 e. The molecule has 0 aromatic heterocycles. The van der Waals surface area contributed by atoms with E-state index in [2.05, 4.69) is 6.08 Å². The van der Waals surface area contributed by atoms with E-state index in [0.717, 1.165) is 31.6 Å². The fourth-order valence-corrected chi connectivity index (χ4v) is 2.06. The molecule has 0 amide bonds. The Morgan fingerprint density at radius 2 is 2.21 bits per heavy atom. The molecule has 1 aromatic carbocycles. The quantitative estimate of drug-likeness (QED) is 0.604. The van der Waals surface area contributed by atoms with Crippen molar-refractivity contribution < 1.29 is 9.66 Å². The van der Waals surface area contributed by atoms with Crippen LogP contribution in [0.2, 0.25) is 0 Å². The molecule has 0 spiro atoms. The van der Waals surface area contributed by atoms with Gasteiger partial charge in [0.1, 0.15) is 0 Å². The molecule has 1 saturated heterocycles. The summed E-state index contributed by atoms with van der Waals surface area (Å²) in [7, 11) is 1.98. The van der Waals surface area contributed by atoms with E-state index in [-0.39, 0.29) is 16.7 Å². The Morgan fingerprint density at radius 1 is 1.47 bits per heavy atom. The van der Waals surface area contributed by atoms with Crippen molar-refractivity contribution in [3.8, 4) is 0 Å². The van der Waals surface area contributed by atoms with Crippen LogP contribution in [0.5, 0.6) is 0 Å². The summed E-state index contributed by atoms with van der Waals surface area (Å²) in [6.07, 6.45) is 6.53. The zero-order valence-electron chi connectivity index (χ0n) is 11.0. The summed E-state index contributed by atoms with van der Waals surface area (Å²) in [5.41, 5.74) is 1.17. The lowest BCUT2D eigenvalue weighted by molar-refractivity contribution is -0.384. The van der Waals surface area contributed by atoms with Crippen LogP contribution >= 0.6 is 0 Å². The van der Waals surface area contributed by atoms with Gasteiger partial charge in [-0.25, -0.2) is 0 Å². The lowest BCUT2D eigenvalue weighted by Gasteiger charge is -2.14. The average Bonchev–Trinajstić information content (AvgIpc) is 2.90. The molecule has 2 rings (SSSR count). The van der Waals surface area contributed by atoms with Gasteiger partial charge >= 0.3 is 0 Å². The first-order valence-electron chi connectivity index (χ1n) is 6.38. The first-order valence-corrected chi connectivity index (χ1v) is 6.38. The molecule has 0 bridgehead atoms. The Labute approximate surface area is 112 Å². The number of rotatable bonds is 5. The van der Waals surface area contributed by atoms with Crippen LogP contribution in [0, 0.1) is 10.1 Å². The average molecular weight is 262 g/mol. The molecule has 1 aliphatic heterocycles. The Kier molecular flexibility index (Phi) is 4.52. The Hall–Kier alpha value is -1.88. The van der Waals surface area contributed by atoms with Crippen molar-refractivity contribution in [1.82, 2.24) is 4.90 Å². The zero-order valence-corrected chi connectivity index (χ0v) is 11.0. The molecule has 0 N–H and O–H groups in total. The van der Waals surface area contributed by atoms with Gasteiger partial charge in [0, 0.05) is 32.3 Å². The van der Waals surface area contributed by atoms with Crippen LogP contribution in [-0.2, 0) is 11.3 Å². The lowest BCUT2D eigenvalue weighted by atomic mass is 10.2. The number of non-ortho nitro benzene ring substituents is 1. The van der Waals surface area contributed by atoms with Gasteiger partial charge in [0.15, 0.2) is 0 Å². The minimum Gasteiger partial charge on any atom is -0.376 e. The second-order valence-electron chi connectivity index (χ2n) is 4.73. The molecular weight excluding hydrogens is 244 g/mol. The van der Waals surface area contributed by atoms with Gasteiger partial charge in [-0.15, -0.1) is 0 Å². The predicted octanol–water partition coefficient (Wildman–Crippen LogP) is 2.72. The molecule has 0 aliphatic carbocycles. The van der Waals surface area contributed by atoms with Crippen LogP contribution in [0.4, 0.5) is 5.69 Å². The first kappa shape index (κ1) is 13.5. The van der Waals surface area contributed by atoms with E-state index in [1.807, 2.05) is 18.1 Å². The van der Waals surface area contributed by atoms with E-state index in [1.54, 1.807) is 12.1 Å². The maximum absolute atomic E-state index is 10.6. The molecule has 102 valence electrons. The topological polar surface area (TPSA) is 55.6 Å². The van der Waals surface area contributed by atoms with Crippen molar-refractivity contribution in [2.24, 2.45) is 0 Å². The smallest absolute Gasteiger partial charge is 0.269 e. The van der Waals surface area contributed by atoms with Crippen LogP contribution in [0.15, 0.2) is 36.5 Å². The van der Waals surface area contributed by atoms with Crippen molar-refractivity contribution in [3.63, 3.8) is 0 Å². The SMILES string of the molecule is CN(/C=C/C1CCCO1)Cc1ccc([N+](=O)[O-])cc1. The van der Waals surface area contributed by atoms with Crippen LogP contribution in [0.3, 0.4) is 0 Å². The number of nitrogens with zero attached hydrogens (tertiary/aromatic N) is 2. The highest BCUT2D eigenvalue weighted by Gasteiger charge is 2.11. The summed E-state index contributed by atoms with van der Waals surface area (Å²) in [5, 5.41) is 10.6. The second kappa shape index (κ2) is 6.33. The number of nitro benzene ring substituents is 1. The third-order valence-corrected chi connectivity index (χ3v) is 3.10. The number of hydrogen-bond donors (Lipinski definition) is 0. The number of ether oxygens (including phenoxy) is 1. The molecule has 1 aliphatic rings. The maximum atomic E-state index is 10.6. The highest BCUT2D eigenvalue weighted by Crippen LogP contribution is 2.15. The van der Waals surface area contributed by atoms with Gasteiger partial charge in [0.25, 0.3) is 5.69 Å². The standard InChI is InChI=1S/C14H18N2O3/c1-15(9-8-14-3-2-10-19-14)11-12-4-6-13(7-5-12)16(17)18/h4-9,14H,2-3,10-11H2,1H3/b9-8+. The number of benzene rings is 1. The van der Waals surface area contributed by atoms with E-state index in [1.165, 1.54) is 12.1 Å². The molecule has 1 atom stereocenters. The summed E-state index contributed by atoms with van der Waals surface area (Å²) in [4.78, 5) is 12.2. The molecule has 19 heavy (non-hydrogen) atoms. The van der Waals surface area contributed by atoms with E-state index in [0.29, 0.717) is 0 Å². The fourth-order valence-electron chi connectivity index (χ4n) is 2.06. The van der Waals surface area contributed by atoms with E-state index in [9.17, 15) is 10.1 Å². The first-order chi connectivity index (χ1) is 9.15. The van der Waals surface area contributed by atoms with Crippen LogP contribution in [-0.4, -0.2) is 29.6 Å². The highest BCUT2D eigenvalue weighted by atomic mass is 16.6. The summed E-state index contributed by atoms with van der Waals surface area (Å²) in [6, 6.07) is 6.64. The van der Waals surface area contributed by atoms with E-state index >= 15 is 0 Å². The van der Waals surface area contributed by atoms with Gasteiger partial charge in [0.05, 0.1) is 11.0 Å². The Balaban J connectivity index is 1.87. The minimum atomic E-state index is -0.384. The molecule has 1 heterocycles. The van der Waals surface area contributed by atoms with Crippen LogP contribution < -0.4 is 0 Å². The van der Waals surface area contributed by atoms with Crippen LogP contribution in [0.25, 0.3) is 0 Å². The number of hydrogen-bond acceptors (Lipinski definition) is 4. The fraction of sp³-hybridized carbons (Fsp3) is 0.429. The van der Waals surface area contributed by atoms with E-state index in [4.69, 9.17) is 4.74 Å². The largest absolute Gasteiger partial charge is 0.376 e. The number of nitro groups is 1. The third kappa shape index (κ3) is 4.06. The van der Waals surface area contributed by atoms with Crippen LogP contribution in [0.1, 0.15) is 18.4 Å². The lowest BCUT2D eigenvalue weighted by Crippen LogP contribution is -2.11. The zero-order chi connectivity index (χ0) is 13.7. The predicted molar refractivity (Wildman–Crippen MR) is 72.7 cm³/mol. The van der Waals surface area contributed by atoms with Crippen molar-refractivity contribution in [3.05, 3.63) is 52.2 Å². The molecule has 1 aromatic rings. The van der Waals surface area contributed by atoms with Gasteiger partial charge < -0.3 is 9.64 Å². The molecule has 1 unspecified atom stereocenters. The van der Waals surface area contributed by atoms with Gasteiger partial charge in [-0.1, -0.05) is 12.1 Å². The summed E-state index contributed by atoms with van der Waals surface area (Å²) in [6.45, 7) is 1.57. The third-order valence-electron chi connectivity index (χ3n) is 3.10. The summed E-state index contributed by atoms with van der Waals surface area (Å²) >= 11 is 0. The minimum absolute atomic E-state index is 0.126. The second-order valence-corrected chi connectivity index (χ2v) is 4.73. The van der Waals surface area contributed by atoms with Gasteiger partial charge in [0.2, 0.25) is 0 Å². The van der Waals surface area contributed by atoms with Crippen molar-refractivity contribution in [1.29, 1.82) is 0 Å². The molecule has 1 fully saturated rings. The van der Waals surface area contributed by atoms with Crippen molar-refractivity contribution >= 4 is 5.69 Å². The molecule has 0 saturated carbocycles. The van der Waals surface area contributed by atoms with Gasteiger partial charge in [-0.05, 0) is 30.7 Å². The summed E-state index contributed by atoms with van der Waals surface area (Å²) in [5.74, 6) is 0.